The molecule has 3 heterocycles. The molecule has 0 aromatic carbocycles. The Morgan fingerprint density at radius 2 is 2.29 bits per heavy atom. The van der Waals surface area contributed by atoms with Crippen LogP contribution in [-0.2, 0) is 6.54 Å². The van der Waals surface area contributed by atoms with Crippen LogP contribution in [0, 0.1) is 0 Å². The zero-order valence-electron chi connectivity index (χ0n) is 11.8. The molecule has 3 rings (SSSR count). The lowest BCUT2D eigenvalue weighted by Gasteiger charge is -2.14. The molecule has 0 spiro atoms. The van der Waals surface area contributed by atoms with Crippen LogP contribution in [0.3, 0.4) is 0 Å². The molecule has 108 valence electrons. The molecule has 0 unspecified atom stereocenters. The highest BCUT2D eigenvalue weighted by molar-refractivity contribution is 5.91. The molecule has 3 aromatic rings. The SMILES string of the molecule is CCn1nccc1[C@@H](C)NC(=O)c1nc2ncccn2n1. The average Bonchev–Trinajstić information content (AvgIpc) is 3.13. The van der Waals surface area contributed by atoms with Crippen LogP contribution in [0.4, 0.5) is 0 Å². The first kappa shape index (κ1) is 13.2. The minimum Gasteiger partial charge on any atom is -0.341 e. The summed E-state index contributed by atoms with van der Waals surface area (Å²) in [6.45, 7) is 4.65. The summed E-state index contributed by atoms with van der Waals surface area (Å²) < 4.78 is 3.31. The molecule has 8 heteroatoms. The number of amides is 1. The average molecular weight is 285 g/mol. The minimum absolute atomic E-state index is 0.100. The van der Waals surface area contributed by atoms with Gasteiger partial charge >= 0.3 is 0 Å². The van der Waals surface area contributed by atoms with Crippen LogP contribution >= 0.6 is 0 Å². The second-order valence-electron chi connectivity index (χ2n) is 4.57. The van der Waals surface area contributed by atoms with Gasteiger partial charge in [-0.05, 0) is 26.0 Å². The molecule has 1 amide bonds. The zero-order chi connectivity index (χ0) is 14.8. The summed E-state index contributed by atoms with van der Waals surface area (Å²) in [6, 6.07) is 3.43. The van der Waals surface area contributed by atoms with E-state index in [1.54, 1.807) is 24.7 Å². The standard InChI is InChI=1S/C13H15N7O/c1-3-19-10(5-7-15-19)9(2)16-12(21)11-17-13-14-6-4-8-20(13)18-11/h4-9H,3H2,1-2H3,(H,16,21)/t9-/m1/s1. The Hall–Kier alpha value is -2.77. The molecule has 3 aromatic heterocycles. The number of carbonyl (C=O) groups is 1. The molecule has 0 saturated carbocycles. The molecule has 0 aliphatic rings. The highest BCUT2D eigenvalue weighted by atomic mass is 16.2. The first-order valence-corrected chi connectivity index (χ1v) is 6.69. The van der Waals surface area contributed by atoms with Crippen LogP contribution in [0.1, 0.15) is 36.2 Å². The van der Waals surface area contributed by atoms with Crippen molar-refractivity contribution in [3.05, 3.63) is 42.2 Å². The minimum atomic E-state index is -0.336. The van der Waals surface area contributed by atoms with Crippen LogP contribution in [-0.4, -0.2) is 35.3 Å². The monoisotopic (exact) mass is 285 g/mol. The molecule has 0 radical (unpaired) electrons. The number of hydrogen-bond acceptors (Lipinski definition) is 5. The fourth-order valence-electron chi connectivity index (χ4n) is 2.14. The van der Waals surface area contributed by atoms with Gasteiger partial charge < -0.3 is 5.32 Å². The van der Waals surface area contributed by atoms with E-state index < -0.39 is 0 Å². The van der Waals surface area contributed by atoms with E-state index in [2.05, 4.69) is 25.5 Å². The normalized spacial score (nSPS) is 12.5. The van der Waals surface area contributed by atoms with E-state index in [1.807, 2.05) is 24.6 Å². The summed E-state index contributed by atoms with van der Waals surface area (Å²) in [5.41, 5.74) is 0.938. The van der Waals surface area contributed by atoms with Gasteiger partial charge in [0.2, 0.25) is 5.82 Å². The quantitative estimate of drug-likeness (QED) is 0.767. The number of hydrogen-bond donors (Lipinski definition) is 1. The Balaban J connectivity index is 1.79. The van der Waals surface area contributed by atoms with Crippen molar-refractivity contribution in [1.82, 2.24) is 34.7 Å². The van der Waals surface area contributed by atoms with E-state index in [9.17, 15) is 4.79 Å². The number of aryl methyl sites for hydroxylation is 1. The zero-order valence-corrected chi connectivity index (χ0v) is 11.8. The van der Waals surface area contributed by atoms with E-state index in [0.717, 1.165) is 12.2 Å². The third-order valence-electron chi connectivity index (χ3n) is 3.16. The molecule has 21 heavy (non-hydrogen) atoms. The van der Waals surface area contributed by atoms with E-state index in [0.29, 0.717) is 5.78 Å². The highest BCUT2D eigenvalue weighted by Gasteiger charge is 2.18. The third kappa shape index (κ3) is 2.47. The van der Waals surface area contributed by atoms with Crippen molar-refractivity contribution < 1.29 is 4.79 Å². The summed E-state index contributed by atoms with van der Waals surface area (Å²) in [6.07, 6.45) is 5.02. The van der Waals surface area contributed by atoms with Crippen molar-refractivity contribution in [3.63, 3.8) is 0 Å². The highest BCUT2D eigenvalue weighted by Crippen LogP contribution is 2.12. The summed E-state index contributed by atoms with van der Waals surface area (Å²) in [5.74, 6) is 0.161. The number of fused-ring (bicyclic) bond motifs is 1. The number of aromatic nitrogens is 6. The van der Waals surface area contributed by atoms with Crippen molar-refractivity contribution in [2.75, 3.05) is 0 Å². The molecule has 0 saturated heterocycles. The van der Waals surface area contributed by atoms with Crippen LogP contribution in [0.25, 0.3) is 5.78 Å². The molecule has 0 fully saturated rings. The van der Waals surface area contributed by atoms with Gasteiger partial charge in [0.25, 0.3) is 11.7 Å². The fourth-order valence-corrected chi connectivity index (χ4v) is 2.14. The molecule has 0 aliphatic heterocycles. The van der Waals surface area contributed by atoms with Gasteiger partial charge in [0.15, 0.2) is 0 Å². The lowest BCUT2D eigenvalue weighted by molar-refractivity contribution is 0.0928. The van der Waals surface area contributed by atoms with Gasteiger partial charge in [-0.15, -0.1) is 5.10 Å². The molecular weight excluding hydrogens is 270 g/mol. The maximum atomic E-state index is 12.2. The number of nitrogens with one attached hydrogen (secondary N) is 1. The van der Waals surface area contributed by atoms with Crippen LogP contribution in [0.5, 0.6) is 0 Å². The van der Waals surface area contributed by atoms with E-state index in [-0.39, 0.29) is 17.8 Å². The third-order valence-corrected chi connectivity index (χ3v) is 3.16. The number of rotatable bonds is 4. The van der Waals surface area contributed by atoms with Gasteiger partial charge in [-0.2, -0.15) is 10.1 Å². The van der Waals surface area contributed by atoms with Crippen molar-refractivity contribution in [2.24, 2.45) is 0 Å². The molecular formula is C13H15N7O. The second kappa shape index (κ2) is 5.31. The first-order chi connectivity index (χ1) is 10.2. The summed E-state index contributed by atoms with van der Waals surface area (Å²) in [5, 5.41) is 11.2. The van der Waals surface area contributed by atoms with E-state index >= 15 is 0 Å². The summed E-state index contributed by atoms with van der Waals surface area (Å²) in [4.78, 5) is 20.3. The lowest BCUT2D eigenvalue weighted by atomic mass is 10.2. The summed E-state index contributed by atoms with van der Waals surface area (Å²) in [7, 11) is 0. The first-order valence-electron chi connectivity index (χ1n) is 6.69. The molecule has 0 aliphatic carbocycles. The van der Waals surface area contributed by atoms with Crippen LogP contribution in [0.15, 0.2) is 30.7 Å². The Labute approximate surface area is 120 Å². The molecule has 1 atom stereocenters. The Morgan fingerprint density at radius 3 is 3.05 bits per heavy atom. The van der Waals surface area contributed by atoms with E-state index in [1.165, 1.54) is 4.52 Å². The summed E-state index contributed by atoms with van der Waals surface area (Å²) >= 11 is 0. The van der Waals surface area contributed by atoms with Crippen LogP contribution < -0.4 is 5.32 Å². The molecule has 8 nitrogen and oxygen atoms in total. The Morgan fingerprint density at radius 1 is 1.43 bits per heavy atom. The number of carbonyl (C=O) groups excluding carboxylic acids is 1. The van der Waals surface area contributed by atoms with Crippen molar-refractivity contribution in [3.8, 4) is 0 Å². The van der Waals surface area contributed by atoms with Gasteiger partial charge in [-0.1, -0.05) is 0 Å². The predicted molar refractivity (Wildman–Crippen MR) is 74.6 cm³/mol. The lowest BCUT2D eigenvalue weighted by Crippen LogP contribution is -2.29. The van der Waals surface area contributed by atoms with Gasteiger partial charge in [0, 0.05) is 25.1 Å². The van der Waals surface area contributed by atoms with Gasteiger partial charge in [0.1, 0.15) is 0 Å². The van der Waals surface area contributed by atoms with Gasteiger partial charge in [-0.3, -0.25) is 9.48 Å². The largest absolute Gasteiger partial charge is 0.341 e. The Kier molecular flexibility index (Phi) is 3.35. The predicted octanol–water partition coefficient (Wildman–Crippen LogP) is 0.832. The maximum Gasteiger partial charge on any atom is 0.291 e. The second-order valence-corrected chi connectivity index (χ2v) is 4.57. The van der Waals surface area contributed by atoms with Crippen molar-refractivity contribution in [2.45, 2.75) is 26.4 Å². The van der Waals surface area contributed by atoms with Crippen LogP contribution in [0.2, 0.25) is 0 Å². The van der Waals surface area contributed by atoms with Crippen molar-refractivity contribution in [1.29, 1.82) is 0 Å². The van der Waals surface area contributed by atoms with Gasteiger partial charge in [-0.25, -0.2) is 9.50 Å². The number of nitrogens with zero attached hydrogens (tertiary/aromatic N) is 6. The van der Waals surface area contributed by atoms with Crippen molar-refractivity contribution >= 4 is 11.7 Å². The van der Waals surface area contributed by atoms with E-state index in [4.69, 9.17) is 0 Å². The van der Waals surface area contributed by atoms with Gasteiger partial charge in [0.05, 0.1) is 11.7 Å². The smallest absolute Gasteiger partial charge is 0.291 e. The molecule has 0 bridgehead atoms. The maximum absolute atomic E-state index is 12.2. The fraction of sp³-hybridized carbons (Fsp3) is 0.308. The molecule has 1 N–H and O–H groups in total. The Bertz CT molecular complexity index is 743. The topological polar surface area (TPSA) is 90.0 Å².